The Hall–Kier alpha value is -3.78. The van der Waals surface area contributed by atoms with Crippen molar-refractivity contribution < 1.29 is 18.4 Å². The Bertz CT molecular complexity index is 1490. The molecule has 2 heterocycles. The smallest absolute Gasteiger partial charge is 0.246 e. The molecular formula is C29H24BrF2N3O2. The lowest BCUT2D eigenvalue weighted by atomic mass is 10.0. The molecule has 4 aromatic rings. The zero-order valence-electron chi connectivity index (χ0n) is 19.9. The molecule has 0 saturated carbocycles. The monoisotopic (exact) mass is 563 g/mol. The van der Waals surface area contributed by atoms with Crippen LogP contribution in [0.2, 0.25) is 0 Å². The number of aromatic nitrogens is 1. The van der Waals surface area contributed by atoms with Crippen LogP contribution in [0, 0.1) is 11.6 Å². The van der Waals surface area contributed by atoms with Crippen LogP contribution in [0.1, 0.15) is 11.1 Å². The Balaban J connectivity index is 1.29. The van der Waals surface area contributed by atoms with Gasteiger partial charge in [-0.1, -0.05) is 34.1 Å². The van der Waals surface area contributed by atoms with Crippen molar-refractivity contribution in [2.24, 2.45) is 0 Å². The van der Waals surface area contributed by atoms with Gasteiger partial charge in [0.2, 0.25) is 11.8 Å². The third-order valence-corrected chi connectivity index (χ3v) is 7.08. The molecule has 0 unspecified atom stereocenters. The molecule has 3 aromatic carbocycles. The third kappa shape index (κ3) is 5.49. The van der Waals surface area contributed by atoms with Gasteiger partial charge in [-0.25, -0.2) is 8.78 Å². The predicted molar refractivity (Wildman–Crippen MR) is 144 cm³/mol. The van der Waals surface area contributed by atoms with Gasteiger partial charge >= 0.3 is 0 Å². The first-order valence-corrected chi connectivity index (χ1v) is 12.7. The summed E-state index contributed by atoms with van der Waals surface area (Å²) in [5.74, 6) is -0.962. The van der Waals surface area contributed by atoms with Crippen LogP contribution in [0.15, 0.2) is 77.3 Å². The van der Waals surface area contributed by atoms with E-state index < -0.39 is 0 Å². The second kappa shape index (κ2) is 10.7. The molecule has 0 aliphatic carbocycles. The van der Waals surface area contributed by atoms with Crippen LogP contribution in [0.5, 0.6) is 0 Å². The molecule has 1 aromatic heterocycles. The Kier molecular flexibility index (Phi) is 7.19. The van der Waals surface area contributed by atoms with E-state index in [1.165, 1.54) is 30.4 Å². The number of amides is 2. The summed E-state index contributed by atoms with van der Waals surface area (Å²) in [7, 11) is 0. The van der Waals surface area contributed by atoms with Crippen LogP contribution in [0.4, 0.5) is 8.78 Å². The minimum atomic E-state index is -0.383. The van der Waals surface area contributed by atoms with Crippen LogP contribution in [-0.2, 0) is 16.0 Å². The summed E-state index contributed by atoms with van der Waals surface area (Å²) in [6.45, 7) is 1.62. The van der Waals surface area contributed by atoms with Crippen LogP contribution in [0.25, 0.3) is 28.2 Å². The van der Waals surface area contributed by atoms with Crippen molar-refractivity contribution in [1.82, 2.24) is 14.8 Å². The molecule has 0 spiro atoms. The number of nitrogens with zero attached hydrogens (tertiary/aromatic N) is 2. The summed E-state index contributed by atoms with van der Waals surface area (Å²) in [6.07, 6.45) is 3.01. The maximum Gasteiger partial charge on any atom is 0.246 e. The first-order valence-electron chi connectivity index (χ1n) is 11.9. The van der Waals surface area contributed by atoms with Gasteiger partial charge in [0.1, 0.15) is 11.6 Å². The van der Waals surface area contributed by atoms with Gasteiger partial charge in [0.05, 0.1) is 12.1 Å². The van der Waals surface area contributed by atoms with E-state index in [0.717, 1.165) is 32.2 Å². The first-order chi connectivity index (χ1) is 17.9. The van der Waals surface area contributed by atoms with Crippen LogP contribution in [-0.4, -0.2) is 52.8 Å². The Morgan fingerprint density at radius 3 is 2.35 bits per heavy atom. The highest BCUT2D eigenvalue weighted by molar-refractivity contribution is 9.10. The quantitative estimate of drug-likeness (QED) is 0.312. The lowest BCUT2D eigenvalue weighted by Gasteiger charge is -2.34. The fourth-order valence-electron chi connectivity index (χ4n) is 4.58. The van der Waals surface area contributed by atoms with Gasteiger partial charge in [-0.05, 0) is 65.7 Å². The summed E-state index contributed by atoms with van der Waals surface area (Å²) in [5, 5.41) is 0.925. The number of fused-ring (bicyclic) bond motifs is 1. The molecule has 1 saturated heterocycles. The standard InChI is InChI=1S/C29H24BrF2N3O2/c30-21-8-11-26-23(17-21)24(29(33-26)20-5-9-22(31)10-6-20)18-28(37)35-15-13-34(14-16-35)27(36)12-7-19-3-1-2-4-25(19)32/h1-12,17,33H,13-16,18H2/b12-7+. The minimum Gasteiger partial charge on any atom is -0.354 e. The average molecular weight is 564 g/mol. The van der Waals surface area contributed by atoms with E-state index >= 15 is 0 Å². The van der Waals surface area contributed by atoms with Crippen molar-refractivity contribution >= 4 is 44.7 Å². The lowest BCUT2D eigenvalue weighted by Crippen LogP contribution is -2.50. The highest BCUT2D eigenvalue weighted by Gasteiger charge is 2.25. The molecule has 5 rings (SSSR count). The molecular weight excluding hydrogens is 540 g/mol. The number of nitrogens with one attached hydrogen (secondary N) is 1. The molecule has 2 amide bonds. The van der Waals surface area contributed by atoms with Gasteiger partial charge in [0, 0.05) is 53.2 Å². The fraction of sp³-hybridized carbons (Fsp3) is 0.172. The lowest BCUT2D eigenvalue weighted by molar-refractivity contribution is -0.136. The van der Waals surface area contributed by atoms with Crippen LogP contribution >= 0.6 is 15.9 Å². The van der Waals surface area contributed by atoms with Gasteiger partial charge in [-0.15, -0.1) is 0 Å². The van der Waals surface area contributed by atoms with E-state index in [-0.39, 0.29) is 29.9 Å². The molecule has 1 aliphatic rings. The predicted octanol–water partition coefficient (Wildman–Crippen LogP) is 5.80. The van der Waals surface area contributed by atoms with Crippen molar-refractivity contribution in [3.8, 4) is 11.3 Å². The topological polar surface area (TPSA) is 56.4 Å². The van der Waals surface area contributed by atoms with Gasteiger partial charge in [-0.3, -0.25) is 9.59 Å². The number of hydrogen-bond acceptors (Lipinski definition) is 2. The van der Waals surface area contributed by atoms with Gasteiger partial charge in [-0.2, -0.15) is 0 Å². The van der Waals surface area contributed by atoms with E-state index in [1.54, 1.807) is 40.1 Å². The Morgan fingerprint density at radius 1 is 0.919 bits per heavy atom. The normalized spacial score (nSPS) is 14.0. The molecule has 8 heteroatoms. The molecule has 1 N–H and O–H groups in total. The average Bonchev–Trinajstić information content (AvgIpc) is 3.25. The second-order valence-electron chi connectivity index (χ2n) is 8.91. The Labute approximate surface area is 221 Å². The maximum absolute atomic E-state index is 13.8. The number of piperazine rings is 1. The van der Waals surface area contributed by atoms with Gasteiger partial charge in [0.25, 0.3) is 0 Å². The molecule has 1 aliphatic heterocycles. The van der Waals surface area contributed by atoms with E-state index in [4.69, 9.17) is 0 Å². The number of carbonyl (C=O) groups excluding carboxylic acids is 2. The summed E-state index contributed by atoms with van der Waals surface area (Å²) < 4.78 is 28.2. The van der Waals surface area contributed by atoms with Gasteiger partial charge in [0.15, 0.2) is 0 Å². The van der Waals surface area contributed by atoms with Gasteiger partial charge < -0.3 is 14.8 Å². The number of carbonyl (C=O) groups is 2. The zero-order valence-corrected chi connectivity index (χ0v) is 21.5. The molecule has 1 fully saturated rings. The van der Waals surface area contributed by atoms with E-state index in [2.05, 4.69) is 20.9 Å². The number of benzene rings is 3. The van der Waals surface area contributed by atoms with Crippen LogP contribution in [0.3, 0.4) is 0 Å². The molecule has 0 atom stereocenters. The third-order valence-electron chi connectivity index (χ3n) is 6.58. The summed E-state index contributed by atoms with van der Waals surface area (Å²) in [4.78, 5) is 32.7. The number of aromatic amines is 1. The van der Waals surface area contributed by atoms with E-state index in [1.807, 2.05) is 18.2 Å². The Morgan fingerprint density at radius 2 is 1.62 bits per heavy atom. The molecule has 5 nitrogen and oxygen atoms in total. The molecule has 0 bridgehead atoms. The van der Waals surface area contributed by atoms with Crippen LogP contribution < -0.4 is 0 Å². The highest BCUT2D eigenvalue weighted by atomic mass is 79.9. The SMILES string of the molecule is O=C(/C=C/c1ccccc1F)N1CCN(C(=O)Cc2c(-c3ccc(F)cc3)[nH]c3ccc(Br)cc23)CC1. The number of hydrogen-bond donors (Lipinski definition) is 1. The first kappa shape index (κ1) is 24.9. The molecule has 0 radical (unpaired) electrons. The van der Waals surface area contributed by atoms with Crippen molar-refractivity contribution in [2.75, 3.05) is 26.2 Å². The van der Waals surface area contributed by atoms with Crippen molar-refractivity contribution in [3.63, 3.8) is 0 Å². The van der Waals surface area contributed by atoms with E-state index in [9.17, 15) is 18.4 Å². The van der Waals surface area contributed by atoms with Crippen molar-refractivity contribution in [3.05, 3.63) is 100 Å². The molecule has 188 valence electrons. The zero-order chi connectivity index (χ0) is 25.9. The largest absolute Gasteiger partial charge is 0.354 e. The second-order valence-corrected chi connectivity index (χ2v) is 9.83. The number of halogens is 3. The number of H-pyrrole nitrogens is 1. The van der Waals surface area contributed by atoms with E-state index in [0.29, 0.717) is 31.7 Å². The fourth-order valence-corrected chi connectivity index (χ4v) is 4.94. The minimum absolute atomic E-state index is 0.0433. The number of rotatable bonds is 5. The van der Waals surface area contributed by atoms with Crippen molar-refractivity contribution in [1.29, 1.82) is 0 Å². The molecule has 37 heavy (non-hydrogen) atoms. The van der Waals surface area contributed by atoms with Crippen molar-refractivity contribution in [2.45, 2.75) is 6.42 Å². The summed E-state index contributed by atoms with van der Waals surface area (Å²) in [6, 6.07) is 18.3. The highest BCUT2D eigenvalue weighted by Crippen LogP contribution is 2.33. The summed E-state index contributed by atoms with van der Waals surface area (Å²) >= 11 is 3.51. The summed E-state index contributed by atoms with van der Waals surface area (Å²) in [5.41, 5.74) is 3.68. The maximum atomic E-state index is 13.8.